The lowest BCUT2D eigenvalue weighted by Gasteiger charge is -2.24. The molecule has 1 aliphatic rings. The zero-order valence-electron chi connectivity index (χ0n) is 7.16. The summed E-state index contributed by atoms with van der Waals surface area (Å²) < 4.78 is 5.50. The topological polar surface area (TPSA) is 47.0 Å². The quantitative estimate of drug-likeness (QED) is 0.622. The summed E-state index contributed by atoms with van der Waals surface area (Å²) >= 11 is 0. The Morgan fingerprint density at radius 3 is 3.33 bits per heavy atom. The number of aryl methyl sites for hydroxylation is 1. The average Bonchev–Trinajstić information content (AvgIpc) is 2.04. The molecule has 0 aromatic carbocycles. The first-order valence-electron chi connectivity index (χ1n) is 3.99. The first-order chi connectivity index (χ1) is 5.77. The van der Waals surface area contributed by atoms with Gasteiger partial charge in [0.05, 0.1) is 17.9 Å². The van der Waals surface area contributed by atoms with Gasteiger partial charge in [-0.15, -0.1) is 0 Å². The zero-order valence-corrected chi connectivity index (χ0v) is 7.16. The number of fused-ring (bicyclic) bond motifs is 1. The molecule has 1 aliphatic heterocycles. The Kier molecular flexibility index (Phi) is 1.60. The lowest BCUT2D eigenvalue weighted by atomic mass is 10.2. The van der Waals surface area contributed by atoms with E-state index in [1.165, 1.54) is 0 Å². The van der Waals surface area contributed by atoms with E-state index in [2.05, 4.69) is 22.4 Å². The van der Waals surface area contributed by atoms with Crippen molar-refractivity contribution in [2.24, 2.45) is 0 Å². The number of nitrogens with one attached hydrogen (secondary N) is 1. The summed E-state index contributed by atoms with van der Waals surface area (Å²) in [6.07, 6.45) is 1.69. The van der Waals surface area contributed by atoms with Crippen molar-refractivity contribution in [3.05, 3.63) is 11.9 Å². The minimum atomic E-state index is 0.348. The second kappa shape index (κ2) is 2.62. The number of ether oxygens (including phenoxy) is 1. The van der Waals surface area contributed by atoms with Crippen molar-refractivity contribution in [1.29, 1.82) is 0 Å². The summed E-state index contributed by atoms with van der Waals surface area (Å²) in [7, 11) is 0. The third-order valence-electron chi connectivity index (χ3n) is 1.85. The van der Waals surface area contributed by atoms with E-state index in [1.54, 1.807) is 6.20 Å². The number of hydrogen-bond acceptors (Lipinski definition) is 4. The van der Waals surface area contributed by atoms with E-state index in [0.717, 1.165) is 17.1 Å². The van der Waals surface area contributed by atoms with Gasteiger partial charge in [0.2, 0.25) is 0 Å². The van der Waals surface area contributed by atoms with Crippen molar-refractivity contribution in [2.75, 3.05) is 11.9 Å². The molecule has 0 saturated heterocycles. The molecule has 4 heteroatoms. The molecule has 2 heterocycles. The first kappa shape index (κ1) is 7.34. The second-order valence-corrected chi connectivity index (χ2v) is 3.03. The molecule has 0 fully saturated rings. The fraction of sp³-hybridized carbons (Fsp3) is 0.500. The Bertz CT molecular complexity index is 300. The molecule has 0 aliphatic carbocycles. The molecular formula is C8H11N3O. The molecule has 0 spiro atoms. The van der Waals surface area contributed by atoms with Crippen molar-refractivity contribution in [1.82, 2.24) is 10.2 Å². The van der Waals surface area contributed by atoms with Gasteiger partial charge in [-0.2, -0.15) is 10.2 Å². The van der Waals surface area contributed by atoms with Crippen molar-refractivity contribution >= 4 is 5.69 Å². The third kappa shape index (κ3) is 1.09. The Balaban J connectivity index is 2.42. The monoisotopic (exact) mass is 165 g/mol. The molecule has 0 radical (unpaired) electrons. The molecule has 0 bridgehead atoms. The van der Waals surface area contributed by atoms with Crippen LogP contribution in [0.25, 0.3) is 0 Å². The average molecular weight is 165 g/mol. The van der Waals surface area contributed by atoms with Gasteiger partial charge in [0.15, 0.2) is 5.75 Å². The fourth-order valence-corrected chi connectivity index (χ4v) is 1.27. The molecule has 2 rings (SSSR count). The van der Waals surface area contributed by atoms with Gasteiger partial charge in [-0.05, 0) is 13.8 Å². The first-order valence-corrected chi connectivity index (χ1v) is 3.99. The molecule has 4 nitrogen and oxygen atoms in total. The standard InChI is InChI=1S/C8H11N3O/c1-5-4-12-8-6(2)11-9-3-7(8)10-5/h3,5,10H,4H2,1-2H3. The predicted molar refractivity (Wildman–Crippen MR) is 45.3 cm³/mol. The molecular weight excluding hydrogens is 154 g/mol. The maximum absolute atomic E-state index is 5.50. The van der Waals surface area contributed by atoms with Crippen LogP contribution in [-0.2, 0) is 0 Å². The van der Waals surface area contributed by atoms with E-state index >= 15 is 0 Å². The number of anilines is 1. The molecule has 64 valence electrons. The van der Waals surface area contributed by atoms with E-state index < -0.39 is 0 Å². The van der Waals surface area contributed by atoms with Gasteiger partial charge < -0.3 is 10.1 Å². The highest BCUT2D eigenvalue weighted by atomic mass is 16.5. The van der Waals surface area contributed by atoms with Crippen molar-refractivity contribution in [3.63, 3.8) is 0 Å². The Morgan fingerprint density at radius 1 is 1.67 bits per heavy atom. The lowest BCUT2D eigenvalue weighted by Crippen LogP contribution is -2.29. The number of hydrogen-bond donors (Lipinski definition) is 1. The third-order valence-corrected chi connectivity index (χ3v) is 1.85. The number of rotatable bonds is 0. The van der Waals surface area contributed by atoms with Crippen LogP contribution in [0.15, 0.2) is 6.20 Å². The molecule has 0 amide bonds. The van der Waals surface area contributed by atoms with Crippen LogP contribution in [0.5, 0.6) is 5.75 Å². The lowest BCUT2D eigenvalue weighted by molar-refractivity contribution is 0.287. The van der Waals surface area contributed by atoms with Gasteiger partial charge >= 0.3 is 0 Å². The van der Waals surface area contributed by atoms with E-state index in [9.17, 15) is 0 Å². The van der Waals surface area contributed by atoms with Crippen LogP contribution in [0.4, 0.5) is 5.69 Å². The van der Waals surface area contributed by atoms with Crippen LogP contribution in [-0.4, -0.2) is 22.8 Å². The van der Waals surface area contributed by atoms with Crippen LogP contribution in [0.3, 0.4) is 0 Å². The Morgan fingerprint density at radius 2 is 2.50 bits per heavy atom. The SMILES string of the molecule is Cc1nncc2c1OCC(C)N2. The summed E-state index contributed by atoms with van der Waals surface area (Å²) in [4.78, 5) is 0. The van der Waals surface area contributed by atoms with E-state index in [4.69, 9.17) is 4.74 Å². The largest absolute Gasteiger partial charge is 0.487 e. The van der Waals surface area contributed by atoms with Crippen LogP contribution in [0.1, 0.15) is 12.6 Å². The minimum Gasteiger partial charge on any atom is -0.487 e. The fourth-order valence-electron chi connectivity index (χ4n) is 1.27. The van der Waals surface area contributed by atoms with Crippen LogP contribution >= 0.6 is 0 Å². The zero-order chi connectivity index (χ0) is 8.55. The van der Waals surface area contributed by atoms with Gasteiger partial charge in [0.1, 0.15) is 12.3 Å². The van der Waals surface area contributed by atoms with Crippen molar-refractivity contribution < 1.29 is 4.74 Å². The normalized spacial score (nSPS) is 20.7. The molecule has 12 heavy (non-hydrogen) atoms. The van der Waals surface area contributed by atoms with Crippen molar-refractivity contribution in [2.45, 2.75) is 19.9 Å². The van der Waals surface area contributed by atoms with Gasteiger partial charge in [0.25, 0.3) is 0 Å². The Hall–Kier alpha value is -1.32. The number of aromatic nitrogens is 2. The molecule has 1 aromatic heterocycles. The summed E-state index contributed by atoms with van der Waals surface area (Å²) in [6.45, 7) is 4.65. The van der Waals surface area contributed by atoms with Crippen LogP contribution in [0, 0.1) is 6.92 Å². The smallest absolute Gasteiger partial charge is 0.167 e. The van der Waals surface area contributed by atoms with Crippen LogP contribution in [0.2, 0.25) is 0 Å². The van der Waals surface area contributed by atoms with Crippen molar-refractivity contribution in [3.8, 4) is 5.75 Å². The summed E-state index contributed by atoms with van der Waals surface area (Å²) in [5.41, 5.74) is 1.79. The number of nitrogens with zero attached hydrogens (tertiary/aromatic N) is 2. The summed E-state index contributed by atoms with van der Waals surface area (Å²) in [5.74, 6) is 0.836. The predicted octanol–water partition coefficient (Wildman–Crippen LogP) is 0.978. The highest BCUT2D eigenvalue weighted by molar-refractivity contribution is 5.58. The maximum atomic E-state index is 5.50. The summed E-state index contributed by atoms with van der Waals surface area (Å²) in [6, 6.07) is 0.348. The van der Waals surface area contributed by atoms with E-state index in [0.29, 0.717) is 12.6 Å². The highest BCUT2D eigenvalue weighted by Crippen LogP contribution is 2.29. The molecule has 1 unspecified atom stereocenters. The molecule has 0 saturated carbocycles. The second-order valence-electron chi connectivity index (χ2n) is 3.03. The van der Waals surface area contributed by atoms with E-state index in [-0.39, 0.29) is 0 Å². The minimum absolute atomic E-state index is 0.348. The van der Waals surface area contributed by atoms with Gasteiger partial charge in [-0.3, -0.25) is 0 Å². The van der Waals surface area contributed by atoms with Gasteiger partial charge in [0, 0.05) is 0 Å². The van der Waals surface area contributed by atoms with Gasteiger partial charge in [-0.25, -0.2) is 0 Å². The summed E-state index contributed by atoms with van der Waals surface area (Å²) in [5, 5.41) is 11.0. The maximum Gasteiger partial charge on any atom is 0.167 e. The van der Waals surface area contributed by atoms with Gasteiger partial charge in [-0.1, -0.05) is 0 Å². The highest BCUT2D eigenvalue weighted by Gasteiger charge is 2.17. The van der Waals surface area contributed by atoms with Crippen LogP contribution < -0.4 is 10.1 Å². The molecule has 1 N–H and O–H groups in total. The van der Waals surface area contributed by atoms with E-state index in [1.807, 2.05) is 6.92 Å². The molecule has 1 aromatic rings. The molecule has 1 atom stereocenters. The Labute approximate surface area is 71.0 Å².